The molecule has 0 bridgehead atoms. The van der Waals surface area contributed by atoms with Crippen LogP contribution in [0.2, 0.25) is 0 Å². The van der Waals surface area contributed by atoms with Gasteiger partial charge >= 0.3 is 0 Å². The van der Waals surface area contributed by atoms with Crippen molar-refractivity contribution in [3.8, 4) is 0 Å². The predicted octanol–water partition coefficient (Wildman–Crippen LogP) is -0.306. The molecule has 0 aliphatic heterocycles. The Kier molecular flexibility index (Phi) is 6.73. The standard InChI is InChI=1S/C15H22N2O3/c1-3-5-10-17(4-2)11-14(18)16-13-8-6-12(7-9-13)15(19)20/h6-9H,3-5,10-11H2,1-2H3,(H,16,18)(H,19,20). The van der Waals surface area contributed by atoms with Crippen LogP contribution in [0.15, 0.2) is 24.3 Å². The second-order valence-electron chi connectivity index (χ2n) is 4.80. The number of carbonyl (C=O) groups excluding carboxylic acids is 2. The molecule has 0 aliphatic carbocycles. The van der Waals surface area contributed by atoms with Gasteiger partial charge in [0.15, 0.2) is 6.54 Å². The van der Waals surface area contributed by atoms with E-state index in [-0.39, 0.29) is 11.5 Å². The Hall–Kier alpha value is -1.88. The van der Waals surface area contributed by atoms with Gasteiger partial charge in [0.2, 0.25) is 0 Å². The number of amides is 1. The largest absolute Gasteiger partial charge is 0.545 e. The van der Waals surface area contributed by atoms with Gasteiger partial charge in [-0.3, -0.25) is 4.79 Å². The van der Waals surface area contributed by atoms with Gasteiger partial charge in [0.25, 0.3) is 5.91 Å². The van der Waals surface area contributed by atoms with Gasteiger partial charge < -0.3 is 20.1 Å². The Labute approximate surface area is 119 Å². The fraction of sp³-hybridized carbons (Fsp3) is 0.467. The van der Waals surface area contributed by atoms with Gasteiger partial charge in [0.1, 0.15) is 0 Å². The summed E-state index contributed by atoms with van der Waals surface area (Å²) >= 11 is 0. The molecule has 0 fully saturated rings. The van der Waals surface area contributed by atoms with E-state index in [9.17, 15) is 14.7 Å². The van der Waals surface area contributed by atoms with E-state index in [0.717, 1.165) is 25.9 Å². The fourth-order valence-electron chi connectivity index (χ4n) is 1.94. The Morgan fingerprint density at radius 3 is 2.35 bits per heavy atom. The molecule has 0 aromatic heterocycles. The molecular weight excluding hydrogens is 256 g/mol. The molecule has 1 unspecified atom stereocenters. The van der Waals surface area contributed by atoms with Crippen molar-refractivity contribution >= 4 is 17.6 Å². The van der Waals surface area contributed by atoms with Gasteiger partial charge in [0, 0.05) is 5.69 Å². The van der Waals surface area contributed by atoms with E-state index in [0.29, 0.717) is 12.2 Å². The molecule has 2 N–H and O–H groups in total. The van der Waals surface area contributed by atoms with Crippen LogP contribution in [-0.2, 0) is 4.79 Å². The van der Waals surface area contributed by atoms with Crippen LogP contribution in [0, 0.1) is 0 Å². The smallest absolute Gasteiger partial charge is 0.279 e. The molecule has 1 atom stereocenters. The molecule has 0 spiro atoms. The molecular formula is C15H22N2O3. The molecule has 0 heterocycles. The summed E-state index contributed by atoms with van der Waals surface area (Å²) in [4.78, 5) is 23.8. The summed E-state index contributed by atoms with van der Waals surface area (Å²) in [5, 5.41) is 13.4. The number of carboxylic acid groups (broad SMARTS) is 1. The zero-order valence-electron chi connectivity index (χ0n) is 12.1. The highest BCUT2D eigenvalue weighted by molar-refractivity contribution is 5.92. The van der Waals surface area contributed by atoms with Crippen LogP contribution in [0.1, 0.15) is 37.0 Å². The average Bonchev–Trinajstić information content (AvgIpc) is 2.43. The molecule has 110 valence electrons. The summed E-state index contributed by atoms with van der Waals surface area (Å²) in [5.41, 5.74) is 0.706. The van der Waals surface area contributed by atoms with Crippen LogP contribution < -0.4 is 15.3 Å². The van der Waals surface area contributed by atoms with Crippen LogP contribution in [0.4, 0.5) is 5.69 Å². The van der Waals surface area contributed by atoms with Crippen molar-refractivity contribution in [2.24, 2.45) is 0 Å². The van der Waals surface area contributed by atoms with Crippen molar-refractivity contribution in [1.29, 1.82) is 0 Å². The van der Waals surface area contributed by atoms with Gasteiger partial charge in [-0.2, -0.15) is 0 Å². The number of rotatable bonds is 8. The lowest BCUT2D eigenvalue weighted by atomic mass is 10.2. The number of hydrogen-bond acceptors (Lipinski definition) is 3. The lowest BCUT2D eigenvalue weighted by Gasteiger charge is -2.16. The van der Waals surface area contributed by atoms with Gasteiger partial charge in [-0.15, -0.1) is 0 Å². The quantitative estimate of drug-likeness (QED) is 0.685. The Morgan fingerprint density at radius 2 is 1.85 bits per heavy atom. The van der Waals surface area contributed by atoms with Gasteiger partial charge in [-0.25, -0.2) is 0 Å². The second-order valence-corrected chi connectivity index (χ2v) is 4.80. The fourth-order valence-corrected chi connectivity index (χ4v) is 1.94. The summed E-state index contributed by atoms with van der Waals surface area (Å²) in [6.45, 7) is 6.53. The molecule has 0 aliphatic rings. The predicted molar refractivity (Wildman–Crippen MR) is 75.5 cm³/mol. The zero-order valence-corrected chi connectivity index (χ0v) is 12.1. The normalized spacial score (nSPS) is 11.9. The van der Waals surface area contributed by atoms with Gasteiger partial charge in [-0.05, 0) is 31.0 Å². The summed E-state index contributed by atoms with van der Waals surface area (Å²) in [6.07, 6.45) is 2.23. The van der Waals surface area contributed by atoms with Gasteiger partial charge in [0.05, 0.1) is 19.1 Å². The van der Waals surface area contributed by atoms with Crippen LogP contribution >= 0.6 is 0 Å². The van der Waals surface area contributed by atoms with Crippen LogP contribution in [0.3, 0.4) is 0 Å². The molecule has 0 radical (unpaired) electrons. The molecule has 1 amide bonds. The molecule has 5 nitrogen and oxygen atoms in total. The second kappa shape index (κ2) is 8.32. The first-order chi connectivity index (χ1) is 9.56. The number of nitrogens with one attached hydrogen (secondary N) is 2. The topological polar surface area (TPSA) is 73.7 Å². The average molecular weight is 278 g/mol. The van der Waals surface area contributed by atoms with Crippen LogP contribution in [0.5, 0.6) is 0 Å². The van der Waals surface area contributed by atoms with Crippen LogP contribution in [-0.4, -0.2) is 31.5 Å². The van der Waals surface area contributed by atoms with E-state index in [1.165, 1.54) is 17.0 Å². The third-order valence-corrected chi connectivity index (χ3v) is 3.20. The molecule has 5 heteroatoms. The number of quaternary nitrogens is 1. The third-order valence-electron chi connectivity index (χ3n) is 3.20. The minimum atomic E-state index is -1.22. The maximum atomic E-state index is 11.9. The summed E-state index contributed by atoms with van der Waals surface area (Å²) < 4.78 is 0. The van der Waals surface area contributed by atoms with E-state index >= 15 is 0 Å². The number of anilines is 1. The van der Waals surface area contributed by atoms with E-state index in [1.54, 1.807) is 12.1 Å². The van der Waals surface area contributed by atoms with Crippen LogP contribution in [0.25, 0.3) is 0 Å². The molecule has 1 aromatic rings. The minimum absolute atomic E-state index is 0.0563. The number of carbonyl (C=O) groups is 2. The number of unbranched alkanes of at least 4 members (excludes halogenated alkanes) is 1. The SMILES string of the molecule is CCCC[NH+](CC)CC(=O)Nc1ccc(C(=O)[O-])cc1. The van der Waals surface area contributed by atoms with Gasteiger partial charge in [-0.1, -0.05) is 25.5 Å². The molecule has 1 aromatic carbocycles. The maximum absolute atomic E-state index is 11.9. The summed E-state index contributed by atoms with van der Waals surface area (Å²) in [7, 11) is 0. The van der Waals surface area contributed by atoms with E-state index in [2.05, 4.69) is 19.2 Å². The highest BCUT2D eigenvalue weighted by Gasteiger charge is 2.11. The lowest BCUT2D eigenvalue weighted by Crippen LogP contribution is -3.12. The molecule has 0 saturated heterocycles. The van der Waals surface area contributed by atoms with Crippen molar-refractivity contribution in [1.82, 2.24) is 0 Å². The van der Waals surface area contributed by atoms with Crippen molar-refractivity contribution in [3.63, 3.8) is 0 Å². The van der Waals surface area contributed by atoms with Crippen molar-refractivity contribution in [2.45, 2.75) is 26.7 Å². The van der Waals surface area contributed by atoms with Crippen molar-refractivity contribution < 1.29 is 19.6 Å². The van der Waals surface area contributed by atoms with E-state index in [4.69, 9.17) is 0 Å². The monoisotopic (exact) mass is 278 g/mol. The van der Waals surface area contributed by atoms with Crippen molar-refractivity contribution in [2.75, 3.05) is 25.0 Å². The number of benzene rings is 1. The third kappa shape index (κ3) is 5.40. The highest BCUT2D eigenvalue weighted by atomic mass is 16.4. The first kappa shape index (κ1) is 16.2. The molecule has 0 saturated carbocycles. The first-order valence-corrected chi connectivity index (χ1v) is 7.01. The maximum Gasteiger partial charge on any atom is 0.279 e. The lowest BCUT2D eigenvalue weighted by molar-refractivity contribution is -0.890. The van der Waals surface area contributed by atoms with E-state index in [1.807, 2.05) is 0 Å². The van der Waals surface area contributed by atoms with Crippen molar-refractivity contribution in [3.05, 3.63) is 29.8 Å². The number of likely N-dealkylation sites (N-methyl/N-ethyl adjacent to an activating group) is 1. The molecule has 1 rings (SSSR count). The summed E-state index contributed by atoms with van der Waals surface area (Å²) in [5.74, 6) is -1.27. The van der Waals surface area contributed by atoms with E-state index < -0.39 is 5.97 Å². The summed E-state index contributed by atoms with van der Waals surface area (Å²) in [6, 6.07) is 5.99. The Balaban J connectivity index is 2.50. The minimum Gasteiger partial charge on any atom is -0.545 e. The number of aromatic carboxylic acids is 1. The number of hydrogen-bond donors (Lipinski definition) is 2. The zero-order chi connectivity index (χ0) is 15.0. The first-order valence-electron chi connectivity index (χ1n) is 7.01. The highest BCUT2D eigenvalue weighted by Crippen LogP contribution is 2.08. The molecule has 20 heavy (non-hydrogen) atoms. The Bertz CT molecular complexity index is 443. The number of carboxylic acids is 1. The Morgan fingerprint density at radius 1 is 1.20 bits per heavy atom.